The van der Waals surface area contributed by atoms with E-state index in [1.54, 1.807) is 0 Å². The molecule has 0 fully saturated rings. The van der Waals surface area contributed by atoms with Crippen LogP contribution in [-0.2, 0) is 17.9 Å². The number of anilines is 1. The molecular weight excluding hydrogens is 274 g/mol. The lowest BCUT2D eigenvalue weighted by Crippen LogP contribution is -2.11. The molecule has 1 aromatic carbocycles. The summed E-state index contributed by atoms with van der Waals surface area (Å²) in [5, 5.41) is 3.50. The summed E-state index contributed by atoms with van der Waals surface area (Å²) in [5.41, 5.74) is 3.61. The summed E-state index contributed by atoms with van der Waals surface area (Å²) in [7, 11) is 0. The molecule has 0 unspecified atom stereocenters. The molecule has 0 aliphatic rings. The van der Waals surface area contributed by atoms with Gasteiger partial charge in [-0.25, -0.2) is 4.98 Å². The number of hydrogen-bond donors (Lipinski definition) is 1. The minimum Gasteiger partial charge on any atom is -0.378 e. The molecule has 0 saturated heterocycles. The van der Waals surface area contributed by atoms with Crippen LogP contribution in [-0.4, -0.2) is 15.7 Å². The third kappa shape index (κ3) is 4.10. The van der Waals surface area contributed by atoms with Crippen LogP contribution in [0.3, 0.4) is 0 Å². The Morgan fingerprint density at radius 1 is 1.23 bits per heavy atom. The number of benzene rings is 1. The van der Waals surface area contributed by atoms with E-state index in [-0.39, 0.29) is 6.10 Å². The van der Waals surface area contributed by atoms with Crippen molar-refractivity contribution in [2.75, 3.05) is 5.32 Å². The Bertz CT molecular complexity index is 602. The molecule has 0 aliphatic carbocycles. The zero-order valence-corrected chi connectivity index (χ0v) is 14.3. The Morgan fingerprint density at radius 2 is 2.00 bits per heavy atom. The van der Waals surface area contributed by atoms with Crippen LogP contribution in [0.4, 0.5) is 5.69 Å². The molecule has 22 heavy (non-hydrogen) atoms. The van der Waals surface area contributed by atoms with Gasteiger partial charge in [0.25, 0.3) is 0 Å². The van der Waals surface area contributed by atoms with Crippen LogP contribution >= 0.6 is 0 Å². The molecule has 1 N–H and O–H groups in total. The lowest BCUT2D eigenvalue weighted by Gasteiger charge is -2.16. The van der Waals surface area contributed by atoms with Crippen molar-refractivity contribution in [3.63, 3.8) is 0 Å². The summed E-state index contributed by atoms with van der Waals surface area (Å²) in [4.78, 5) is 4.44. The third-order valence-electron chi connectivity index (χ3n) is 3.76. The first-order chi connectivity index (χ1) is 10.5. The molecule has 120 valence electrons. The highest BCUT2D eigenvalue weighted by molar-refractivity contribution is 5.53. The van der Waals surface area contributed by atoms with Gasteiger partial charge in [-0.05, 0) is 51.8 Å². The molecule has 4 nitrogen and oxygen atoms in total. The van der Waals surface area contributed by atoms with Gasteiger partial charge in [-0.15, -0.1) is 0 Å². The summed E-state index contributed by atoms with van der Waals surface area (Å²) >= 11 is 0. The number of nitrogens with one attached hydrogen (secondary N) is 1. The van der Waals surface area contributed by atoms with E-state index in [1.807, 2.05) is 12.4 Å². The van der Waals surface area contributed by atoms with Gasteiger partial charge in [-0.1, -0.05) is 12.1 Å². The summed E-state index contributed by atoms with van der Waals surface area (Å²) in [5.74, 6) is 1.05. The van der Waals surface area contributed by atoms with E-state index in [4.69, 9.17) is 4.74 Å². The lowest BCUT2D eigenvalue weighted by atomic mass is 10.1. The molecule has 0 spiro atoms. The standard InChI is InChI=1S/C18H27N3O/c1-13(2)21-10-9-19-18(21)11-20-17-8-6-7-16(15(17)5)12-22-14(3)4/h6-10,13-14,20H,11-12H2,1-5H3. The Balaban J connectivity index is 2.06. The average Bonchev–Trinajstić information content (AvgIpc) is 2.93. The van der Waals surface area contributed by atoms with E-state index in [1.165, 1.54) is 11.1 Å². The number of rotatable bonds is 7. The Morgan fingerprint density at radius 3 is 2.68 bits per heavy atom. The molecule has 0 aliphatic heterocycles. The topological polar surface area (TPSA) is 39.1 Å². The summed E-state index contributed by atoms with van der Waals surface area (Å²) < 4.78 is 7.91. The Kier molecular flexibility index (Phi) is 5.61. The van der Waals surface area contributed by atoms with Gasteiger partial charge in [0.05, 0.1) is 19.3 Å². The largest absolute Gasteiger partial charge is 0.378 e. The second kappa shape index (κ2) is 7.45. The molecule has 0 radical (unpaired) electrons. The summed E-state index contributed by atoms with van der Waals surface area (Å²) in [6.07, 6.45) is 4.13. The quantitative estimate of drug-likeness (QED) is 0.828. The molecule has 0 saturated carbocycles. The smallest absolute Gasteiger partial charge is 0.128 e. The maximum atomic E-state index is 5.72. The Labute approximate surface area is 133 Å². The molecule has 0 amide bonds. The molecule has 1 heterocycles. The normalized spacial score (nSPS) is 11.4. The SMILES string of the molecule is Cc1c(COC(C)C)cccc1NCc1nccn1C(C)C. The number of ether oxygens (including phenoxy) is 1. The average molecular weight is 301 g/mol. The fourth-order valence-corrected chi connectivity index (χ4v) is 2.41. The predicted molar refractivity (Wildman–Crippen MR) is 91.0 cm³/mol. The molecule has 0 bridgehead atoms. The zero-order chi connectivity index (χ0) is 16.1. The van der Waals surface area contributed by atoms with Crippen molar-refractivity contribution in [2.45, 2.75) is 59.9 Å². The van der Waals surface area contributed by atoms with Crippen molar-refractivity contribution in [1.82, 2.24) is 9.55 Å². The molecule has 2 aromatic rings. The van der Waals surface area contributed by atoms with Gasteiger partial charge in [0.1, 0.15) is 5.82 Å². The van der Waals surface area contributed by atoms with Crippen LogP contribution in [0.15, 0.2) is 30.6 Å². The van der Waals surface area contributed by atoms with E-state index in [0.717, 1.165) is 18.1 Å². The molecule has 0 atom stereocenters. The van der Waals surface area contributed by atoms with Crippen LogP contribution in [0.1, 0.15) is 50.7 Å². The van der Waals surface area contributed by atoms with Crippen molar-refractivity contribution >= 4 is 5.69 Å². The van der Waals surface area contributed by atoms with Crippen LogP contribution in [0.25, 0.3) is 0 Å². The highest BCUT2D eigenvalue weighted by Gasteiger charge is 2.08. The number of nitrogens with zero attached hydrogens (tertiary/aromatic N) is 2. The lowest BCUT2D eigenvalue weighted by molar-refractivity contribution is 0.0654. The van der Waals surface area contributed by atoms with Gasteiger partial charge >= 0.3 is 0 Å². The van der Waals surface area contributed by atoms with Gasteiger partial charge < -0.3 is 14.6 Å². The second-order valence-electron chi connectivity index (χ2n) is 6.15. The van der Waals surface area contributed by atoms with E-state index in [0.29, 0.717) is 12.6 Å². The van der Waals surface area contributed by atoms with Crippen molar-refractivity contribution in [1.29, 1.82) is 0 Å². The second-order valence-corrected chi connectivity index (χ2v) is 6.15. The van der Waals surface area contributed by atoms with E-state index < -0.39 is 0 Å². The number of aromatic nitrogens is 2. The first-order valence-corrected chi connectivity index (χ1v) is 7.94. The minimum atomic E-state index is 0.245. The third-order valence-corrected chi connectivity index (χ3v) is 3.76. The van der Waals surface area contributed by atoms with Crippen molar-refractivity contribution in [3.8, 4) is 0 Å². The fraction of sp³-hybridized carbons (Fsp3) is 0.500. The van der Waals surface area contributed by atoms with Crippen molar-refractivity contribution in [3.05, 3.63) is 47.5 Å². The highest BCUT2D eigenvalue weighted by atomic mass is 16.5. The first-order valence-electron chi connectivity index (χ1n) is 7.94. The zero-order valence-electron chi connectivity index (χ0n) is 14.3. The van der Waals surface area contributed by atoms with E-state index >= 15 is 0 Å². The number of hydrogen-bond acceptors (Lipinski definition) is 3. The van der Waals surface area contributed by atoms with Gasteiger partial charge in [0.15, 0.2) is 0 Å². The van der Waals surface area contributed by atoms with Gasteiger partial charge in [-0.3, -0.25) is 0 Å². The van der Waals surface area contributed by atoms with Gasteiger partial charge in [-0.2, -0.15) is 0 Å². The van der Waals surface area contributed by atoms with Crippen LogP contribution < -0.4 is 5.32 Å². The molecule has 2 rings (SSSR count). The fourth-order valence-electron chi connectivity index (χ4n) is 2.41. The van der Waals surface area contributed by atoms with E-state index in [2.05, 4.69) is 67.7 Å². The minimum absolute atomic E-state index is 0.245. The Hall–Kier alpha value is -1.81. The van der Waals surface area contributed by atoms with Gasteiger partial charge in [0.2, 0.25) is 0 Å². The van der Waals surface area contributed by atoms with E-state index in [9.17, 15) is 0 Å². The monoisotopic (exact) mass is 301 g/mol. The predicted octanol–water partition coefficient (Wildman–Crippen LogP) is 4.31. The maximum Gasteiger partial charge on any atom is 0.128 e. The van der Waals surface area contributed by atoms with Crippen molar-refractivity contribution < 1.29 is 4.74 Å². The summed E-state index contributed by atoms with van der Waals surface area (Å²) in [6, 6.07) is 6.73. The van der Waals surface area contributed by atoms with Crippen LogP contribution in [0.2, 0.25) is 0 Å². The van der Waals surface area contributed by atoms with Gasteiger partial charge in [0, 0.05) is 24.1 Å². The first kappa shape index (κ1) is 16.6. The number of imidazole rings is 1. The highest BCUT2D eigenvalue weighted by Crippen LogP contribution is 2.21. The van der Waals surface area contributed by atoms with Crippen LogP contribution in [0, 0.1) is 6.92 Å². The van der Waals surface area contributed by atoms with Crippen LogP contribution in [0.5, 0.6) is 0 Å². The molecule has 1 aromatic heterocycles. The molecular formula is C18H27N3O. The summed E-state index contributed by atoms with van der Waals surface area (Å²) in [6.45, 7) is 12.0. The maximum absolute atomic E-state index is 5.72. The molecule has 4 heteroatoms. The van der Waals surface area contributed by atoms with Crippen molar-refractivity contribution in [2.24, 2.45) is 0 Å².